The Labute approximate surface area is 345 Å². The number of hydrogen-bond acceptors (Lipinski definition) is 8. The van der Waals surface area contributed by atoms with Crippen molar-refractivity contribution in [3.63, 3.8) is 0 Å². The number of hydrogen-bond donors (Lipinski definition) is 1. The molecule has 0 bridgehead atoms. The highest BCUT2D eigenvalue weighted by atomic mass is 28.4. The van der Waals surface area contributed by atoms with Gasteiger partial charge in [0.15, 0.2) is 0 Å². The molecule has 0 aromatic heterocycles. The van der Waals surface area contributed by atoms with Gasteiger partial charge in [0.25, 0.3) is 14.2 Å². The molecule has 5 rings (SSSR count). The highest BCUT2D eigenvalue weighted by Gasteiger charge is 2.45. The van der Waals surface area contributed by atoms with Crippen LogP contribution < -0.4 is 19.2 Å². The molecule has 11 heteroatoms. The van der Waals surface area contributed by atoms with E-state index in [9.17, 15) is 14.4 Å². The zero-order valence-electron chi connectivity index (χ0n) is 35.5. The van der Waals surface area contributed by atoms with E-state index in [-0.39, 0.29) is 29.7 Å². The van der Waals surface area contributed by atoms with Crippen LogP contribution in [0.15, 0.2) is 103 Å². The normalized spacial score (nSPS) is 16.2. The van der Waals surface area contributed by atoms with Gasteiger partial charge in [0, 0.05) is 24.7 Å². The zero-order chi connectivity index (χ0) is 42.1. The van der Waals surface area contributed by atoms with E-state index in [1.54, 1.807) is 35.2 Å². The number of benzene rings is 4. The first-order valence-electron chi connectivity index (χ1n) is 20.2. The van der Waals surface area contributed by atoms with Crippen LogP contribution in [-0.2, 0) is 22.7 Å². The molecular formula is C47H60N2O8Si. The quantitative estimate of drug-likeness (QED) is 0.0990. The molecule has 0 aliphatic carbocycles. The molecule has 1 N–H and O–H groups in total. The Hall–Kier alpha value is -5.29. The maximum Gasteiger partial charge on any atom is 0.410 e. The maximum absolute atomic E-state index is 14.1. The molecule has 10 nitrogen and oxygen atoms in total. The summed E-state index contributed by atoms with van der Waals surface area (Å²) >= 11 is 0. The smallest absolute Gasteiger partial charge is 0.410 e. The lowest BCUT2D eigenvalue weighted by Gasteiger charge is -2.42. The second-order valence-corrected chi connectivity index (χ2v) is 21.8. The van der Waals surface area contributed by atoms with Gasteiger partial charge in [-0.05, 0) is 105 Å². The van der Waals surface area contributed by atoms with Crippen LogP contribution in [0.5, 0.6) is 17.2 Å². The van der Waals surface area contributed by atoms with Crippen molar-refractivity contribution in [2.24, 2.45) is 5.92 Å². The molecule has 1 aliphatic rings. The molecule has 4 aromatic rings. The van der Waals surface area contributed by atoms with Crippen LogP contribution in [0, 0.1) is 5.92 Å². The number of esters is 1. The van der Waals surface area contributed by atoms with Gasteiger partial charge in [-0.2, -0.15) is 0 Å². The van der Waals surface area contributed by atoms with Gasteiger partial charge in [-0.25, -0.2) is 9.59 Å². The Morgan fingerprint density at radius 1 is 0.793 bits per heavy atom. The van der Waals surface area contributed by atoms with Gasteiger partial charge >= 0.3 is 12.1 Å². The number of rotatable bonds is 14. The van der Waals surface area contributed by atoms with Crippen LogP contribution in [0.3, 0.4) is 0 Å². The van der Waals surface area contributed by atoms with Gasteiger partial charge < -0.3 is 33.6 Å². The van der Waals surface area contributed by atoms with Crippen molar-refractivity contribution in [1.29, 1.82) is 0 Å². The molecule has 0 radical (unpaired) electrons. The summed E-state index contributed by atoms with van der Waals surface area (Å²) in [5.41, 5.74) is 1.84. The highest BCUT2D eigenvalue weighted by Crippen LogP contribution is 2.44. The summed E-state index contributed by atoms with van der Waals surface area (Å²) in [6.07, 6.45) is -0.357. The van der Waals surface area contributed by atoms with Gasteiger partial charge in [-0.1, -0.05) is 88.4 Å². The second kappa shape index (κ2) is 19.0. The van der Waals surface area contributed by atoms with Crippen LogP contribution in [0.1, 0.15) is 93.2 Å². The Bertz CT molecular complexity index is 1980. The van der Waals surface area contributed by atoms with Crippen molar-refractivity contribution in [1.82, 2.24) is 10.2 Å². The Balaban J connectivity index is 1.37. The summed E-state index contributed by atoms with van der Waals surface area (Å²) in [6, 6.07) is 30.9. The fraction of sp³-hybridized carbons (Fsp3) is 0.426. The van der Waals surface area contributed by atoms with E-state index in [1.807, 2.05) is 93.6 Å². The van der Waals surface area contributed by atoms with Crippen molar-refractivity contribution in [2.75, 3.05) is 13.1 Å². The minimum absolute atomic E-state index is 0.0158. The van der Waals surface area contributed by atoms with E-state index in [0.717, 1.165) is 11.1 Å². The van der Waals surface area contributed by atoms with Gasteiger partial charge in [0.2, 0.25) is 0 Å². The highest BCUT2D eigenvalue weighted by molar-refractivity contribution is 6.75. The van der Waals surface area contributed by atoms with E-state index in [4.69, 9.17) is 23.4 Å². The fourth-order valence-electron chi connectivity index (χ4n) is 6.51. The molecular weight excluding hydrogens is 749 g/mol. The predicted octanol–water partition coefficient (Wildman–Crippen LogP) is 10.2. The summed E-state index contributed by atoms with van der Waals surface area (Å²) in [4.78, 5) is 42.9. The van der Waals surface area contributed by atoms with E-state index in [1.165, 1.54) is 0 Å². The third-order valence-corrected chi connectivity index (χ3v) is 15.6. The third kappa shape index (κ3) is 11.9. The minimum Gasteiger partial charge on any atom is -0.543 e. The first-order chi connectivity index (χ1) is 27.4. The standard InChI is InChI=1S/C47H60N2O8Si/c1-33(2)47(6,7)58(8,9)57-37-24-22-36(23-25-37)43(50)48-40-30-49(45(52)56-46(3,4)5)28-16-21-41(40)55-44(51)39-27-26-38(53-31-34-17-12-10-13-18-34)29-42(39)54-32-35-19-14-11-15-20-35/h10-15,17-20,22-27,29,33,40-41H,16,21,28,30-32H2,1-9H3,(H,48,50)/t40-,41-/m1/s1. The van der Waals surface area contributed by atoms with Crippen molar-refractivity contribution in [3.05, 3.63) is 125 Å². The van der Waals surface area contributed by atoms with E-state index in [0.29, 0.717) is 54.7 Å². The molecule has 1 fully saturated rings. The largest absolute Gasteiger partial charge is 0.543 e. The zero-order valence-corrected chi connectivity index (χ0v) is 36.5. The summed E-state index contributed by atoms with van der Waals surface area (Å²) in [6.45, 7) is 19.8. The third-order valence-electron chi connectivity index (χ3n) is 11.2. The average molecular weight is 809 g/mol. The van der Waals surface area contributed by atoms with Crippen LogP contribution in [0.2, 0.25) is 18.1 Å². The molecule has 0 unspecified atom stereocenters. The van der Waals surface area contributed by atoms with Gasteiger partial charge in [0.1, 0.15) is 47.7 Å². The molecule has 310 valence electrons. The van der Waals surface area contributed by atoms with Gasteiger partial charge in [-0.15, -0.1) is 0 Å². The summed E-state index contributed by atoms with van der Waals surface area (Å²) in [5, 5.41) is 3.11. The maximum atomic E-state index is 14.1. The average Bonchev–Trinajstić information content (AvgIpc) is 3.38. The van der Waals surface area contributed by atoms with Crippen LogP contribution in [0.25, 0.3) is 0 Å². The number of carbonyl (C=O) groups is 3. The number of nitrogens with one attached hydrogen (secondary N) is 1. The van der Waals surface area contributed by atoms with Crippen LogP contribution >= 0.6 is 0 Å². The monoisotopic (exact) mass is 808 g/mol. The summed E-state index contributed by atoms with van der Waals surface area (Å²) in [7, 11) is -2.17. The molecule has 58 heavy (non-hydrogen) atoms. The molecule has 0 spiro atoms. The van der Waals surface area contributed by atoms with Gasteiger partial charge in [0.05, 0.1) is 6.04 Å². The van der Waals surface area contributed by atoms with Crippen molar-refractivity contribution in [3.8, 4) is 17.2 Å². The second-order valence-electron chi connectivity index (χ2n) is 17.3. The number of ether oxygens (including phenoxy) is 4. The molecule has 1 aliphatic heterocycles. The lowest BCUT2D eigenvalue weighted by atomic mass is 9.99. The number of amides is 2. The lowest BCUT2D eigenvalue weighted by Crippen LogP contribution is -2.51. The molecule has 0 saturated carbocycles. The molecule has 2 amide bonds. The van der Waals surface area contributed by atoms with Crippen LogP contribution in [-0.4, -0.2) is 62.0 Å². The fourth-order valence-corrected chi connectivity index (χ4v) is 8.89. The lowest BCUT2D eigenvalue weighted by molar-refractivity contribution is 0.0125. The predicted molar refractivity (Wildman–Crippen MR) is 229 cm³/mol. The van der Waals surface area contributed by atoms with Crippen molar-refractivity contribution >= 4 is 26.3 Å². The molecule has 1 heterocycles. The van der Waals surface area contributed by atoms with E-state index in [2.05, 4.69) is 46.1 Å². The first kappa shape index (κ1) is 43.8. The molecule has 4 aromatic carbocycles. The van der Waals surface area contributed by atoms with E-state index >= 15 is 0 Å². The Morgan fingerprint density at radius 3 is 1.97 bits per heavy atom. The first-order valence-corrected chi connectivity index (χ1v) is 23.1. The van der Waals surface area contributed by atoms with E-state index < -0.39 is 38.1 Å². The number of carbonyl (C=O) groups excluding carboxylic acids is 3. The summed E-state index contributed by atoms with van der Waals surface area (Å²) < 4.78 is 30.9. The van der Waals surface area contributed by atoms with Crippen molar-refractivity contribution < 1.29 is 37.8 Å². The topological polar surface area (TPSA) is 113 Å². The Kier molecular flexibility index (Phi) is 14.3. The Morgan fingerprint density at radius 2 is 1.38 bits per heavy atom. The van der Waals surface area contributed by atoms with Gasteiger partial charge in [-0.3, -0.25) is 4.79 Å². The summed E-state index contributed by atoms with van der Waals surface area (Å²) in [5.74, 6) is 0.991. The van der Waals surface area contributed by atoms with Crippen molar-refractivity contribution in [2.45, 2.75) is 110 Å². The minimum atomic E-state index is -2.17. The molecule has 1 saturated heterocycles. The number of likely N-dealkylation sites (tertiary alicyclic amines) is 1. The molecule has 2 atom stereocenters. The SMILES string of the molecule is CC(C)C(C)(C)[Si](C)(C)Oc1ccc(C(=O)N[C@@H]2CN(C(=O)OC(C)(C)C)CCC[C@H]2OC(=O)c2ccc(OCc3ccccc3)cc2OCc2ccccc2)cc1. The van der Waals surface area contributed by atoms with Crippen LogP contribution in [0.4, 0.5) is 4.79 Å². The number of nitrogens with zero attached hydrogens (tertiary/aromatic N) is 1.